The Morgan fingerprint density at radius 2 is 2.33 bits per heavy atom. The first-order valence-corrected chi connectivity index (χ1v) is 6.61. The van der Waals surface area contributed by atoms with Crippen LogP contribution in [0.25, 0.3) is 0 Å². The minimum absolute atomic E-state index is 0.0372. The lowest BCUT2D eigenvalue weighted by molar-refractivity contribution is -0.124. The van der Waals surface area contributed by atoms with E-state index in [2.05, 4.69) is 10.2 Å². The highest BCUT2D eigenvalue weighted by Crippen LogP contribution is 2.17. The van der Waals surface area contributed by atoms with E-state index >= 15 is 0 Å². The molecular weight excluding hydrogens is 234 g/mol. The zero-order chi connectivity index (χ0) is 12.5. The molecule has 0 bridgehead atoms. The van der Waals surface area contributed by atoms with Gasteiger partial charge in [-0.15, -0.1) is 0 Å². The van der Waals surface area contributed by atoms with Crippen molar-refractivity contribution in [2.75, 3.05) is 45.9 Å². The maximum Gasteiger partial charge on any atom is 0.317 e. The molecule has 6 nitrogen and oxygen atoms in total. The summed E-state index contributed by atoms with van der Waals surface area (Å²) in [7, 11) is 0. The molecule has 2 unspecified atom stereocenters. The largest absolute Gasteiger partial charge is 0.381 e. The van der Waals surface area contributed by atoms with Crippen LogP contribution in [-0.2, 0) is 9.53 Å². The van der Waals surface area contributed by atoms with Gasteiger partial charge in [-0.25, -0.2) is 4.79 Å². The third-order valence-corrected chi connectivity index (χ3v) is 4.08. The first-order valence-electron chi connectivity index (χ1n) is 6.61. The molecule has 2 amide bonds. The first kappa shape index (κ1) is 11.9. The number of ether oxygens (including phenoxy) is 1. The molecule has 0 aromatic carbocycles. The number of carbonyl (C=O) groups excluding carboxylic acids is 2. The fraction of sp³-hybridized carbons (Fsp3) is 0.833. The maximum atomic E-state index is 12.1. The Morgan fingerprint density at radius 1 is 1.44 bits per heavy atom. The molecule has 3 fully saturated rings. The van der Waals surface area contributed by atoms with Crippen LogP contribution in [0.1, 0.15) is 6.42 Å². The van der Waals surface area contributed by atoms with Crippen LogP contribution in [0.3, 0.4) is 0 Å². The summed E-state index contributed by atoms with van der Waals surface area (Å²) in [4.78, 5) is 27.6. The zero-order valence-corrected chi connectivity index (χ0v) is 10.4. The second-order valence-electron chi connectivity index (χ2n) is 5.30. The van der Waals surface area contributed by atoms with Gasteiger partial charge in [-0.2, -0.15) is 0 Å². The number of hydrogen-bond donors (Lipinski definition) is 1. The molecule has 100 valence electrons. The highest BCUT2D eigenvalue weighted by molar-refractivity contribution is 5.83. The number of urea groups is 1. The van der Waals surface area contributed by atoms with Crippen molar-refractivity contribution < 1.29 is 14.3 Å². The summed E-state index contributed by atoms with van der Waals surface area (Å²) in [6.07, 6.45) is 0.863. The van der Waals surface area contributed by atoms with E-state index in [0.29, 0.717) is 32.1 Å². The summed E-state index contributed by atoms with van der Waals surface area (Å²) in [6.45, 7) is 4.84. The monoisotopic (exact) mass is 253 g/mol. The summed E-state index contributed by atoms with van der Waals surface area (Å²) >= 11 is 0. The van der Waals surface area contributed by atoms with Gasteiger partial charge in [-0.1, -0.05) is 0 Å². The number of Topliss-reactive ketones (excluding diaryl/α,β-unsaturated/α-hetero) is 1. The van der Waals surface area contributed by atoms with Gasteiger partial charge in [0.2, 0.25) is 0 Å². The van der Waals surface area contributed by atoms with Crippen LogP contribution in [0.5, 0.6) is 0 Å². The van der Waals surface area contributed by atoms with E-state index in [1.165, 1.54) is 0 Å². The first-order chi connectivity index (χ1) is 8.74. The van der Waals surface area contributed by atoms with Crippen molar-refractivity contribution in [1.82, 2.24) is 15.1 Å². The molecule has 3 saturated heterocycles. The molecule has 0 spiro atoms. The topological polar surface area (TPSA) is 61.9 Å². The number of amides is 2. The molecule has 0 saturated carbocycles. The Labute approximate surface area is 106 Å². The smallest absolute Gasteiger partial charge is 0.317 e. The van der Waals surface area contributed by atoms with Gasteiger partial charge in [0.05, 0.1) is 19.2 Å². The van der Waals surface area contributed by atoms with Crippen molar-refractivity contribution >= 4 is 11.8 Å². The maximum absolute atomic E-state index is 12.1. The molecule has 1 N–H and O–H groups in total. The molecule has 3 heterocycles. The standard InChI is InChI=1S/C12H19N3O3/c16-11(9-1-4-18-8-9)7-14-2-3-15-10(6-14)5-13-12(15)17/h9-10H,1-8H2,(H,13,17). The van der Waals surface area contributed by atoms with E-state index in [4.69, 9.17) is 4.74 Å². The van der Waals surface area contributed by atoms with E-state index < -0.39 is 0 Å². The fourth-order valence-electron chi connectivity index (χ4n) is 2.95. The number of piperazine rings is 1. The third kappa shape index (κ3) is 2.22. The molecule has 2 atom stereocenters. The summed E-state index contributed by atoms with van der Waals surface area (Å²) in [6, 6.07) is 0.272. The van der Waals surface area contributed by atoms with Crippen molar-refractivity contribution in [3.05, 3.63) is 0 Å². The van der Waals surface area contributed by atoms with E-state index in [-0.39, 0.29) is 18.0 Å². The number of ketones is 1. The Kier molecular flexibility index (Phi) is 3.22. The van der Waals surface area contributed by atoms with Crippen LogP contribution < -0.4 is 5.32 Å². The summed E-state index contributed by atoms with van der Waals surface area (Å²) in [5.41, 5.74) is 0. The predicted molar refractivity (Wildman–Crippen MR) is 64.3 cm³/mol. The van der Waals surface area contributed by atoms with E-state index in [9.17, 15) is 9.59 Å². The average Bonchev–Trinajstić information content (AvgIpc) is 2.99. The molecule has 3 aliphatic heterocycles. The lowest BCUT2D eigenvalue weighted by Crippen LogP contribution is -2.53. The molecule has 0 aliphatic carbocycles. The van der Waals surface area contributed by atoms with Crippen molar-refractivity contribution in [2.24, 2.45) is 5.92 Å². The zero-order valence-electron chi connectivity index (χ0n) is 10.4. The molecule has 0 aromatic rings. The van der Waals surface area contributed by atoms with Gasteiger partial charge in [0.25, 0.3) is 0 Å². The fourth-order valence-corrected chi connectivity index (χ4v) is 2.95. The van der Waals surface area contributed by atoms with Crippen molar-refractivity contribution in [2.45, 2.75) is 12.5 Å². The van der Waals surface area contributed by atoms with Gasteiger partial charge in [0.15, 0.2) is 5.78 Å². The number of rotatable bonds is 3. The highest BCUT2D eigenvalue weighted by Gasteiger charge is 2.36. The van der Waals surface area contributed by atoms with Crippen molar-refractivity contribution in [3.8, 4) is 0 Å². The number of nitrogens with zero attached hydrogens (tertiary/aromatic N) is 2. The second kappa shape index (κ2) is 4.85. The quantitative estimate of drug-likeness (QED) is 0.722. The van der Waals surface area contributed by atoms with Crippen LogP contribution >= 0.6 is 0 Å². The normalized spacial score (nSPS) is 32.4. The SMILES string of the molecule is O=C(CN1CCN2C(=O)NCC2C1)C1CCOC1. The summed E-state index contributed by atoms with van der Waals surface area (Å²) < 4.78 is 5.25. The van der Waals surface area contributed by atoms with Crippen molar-refractivity contribution in [3.63, 3.8) is 0 Å². The Morgan fingerprint density at radius 3 is 3.11 bits per heavy atom. The molecular formula is C12H19N3O3. The highest BCUT2D eigenvalue weighted by atomic mass is 16.5. The summed E-state index contributed by atoms with van der Waals surface area (Å²) in [5, 5.41) is 2.85. The van der Waals surface area contributed by atoms with E-state index in [1.54, 1.807) is 0 Å². The molecule has 3 aliphatic rings. The van der Waals surface area contributed by atoms with Gasteiger partial charge in [-0.05, 0) is 6.42 Å². The summed E-state index contributed by atoms with van der Waals surface area (Å²) in [5.74, 6) is 0.379. The predicted octanol–water partition coefficient (Wildman–Crippen LogP) is -0.699. The Balaban J connectivity index is 1.52. The second-order valence-corrected chi connectivity index (χ2v) is 5.30. The number of carbonyl (C=O) groups is 2. The number of nitrogens with one attached hydrogen (secondary N) is 1. The minimum Gasteiger partial charge on any atom is -0.381 e. The third-order valence-electron chi connectivity index (χ3n) is 4.08. The lowest BCUT2D eigenvalue weighted by atomic mass is 10.0. The lowest BCUT2D eigenvalue weighted by Gasteiger charge is -2.36. The van der Waals surface area contributed by atoms with Gasteiger partial charge < -0.3 is 15.0 Å². The Bertz CT molecular complexity index is 354. The van der Waals surface area contributed by atoms with Gasteiger partial charge in [0.1, 0.15) is 0 Å². The van der Waals surface area contributed by atoms with Crippen LogP contribution in [0.2, 0.25) is 0 Å². The molecule has 6 heteroatoms. The van der Waals surface area contributed by atoms with Crippen LogP contribution in [0, 0.1) is 5.92 Å². The molecule has 3 rings (SSSR count). The van der Waals surface area contributed by atoms with Gasteiger partial charge in [-0.3, -0.25) is 9.69 Å². The molecule has 0 aromatic heterocycles. The van der Waals surface area contributed by atoms with Crippen LogP contribution in [0.15, 0.2) is 0 Å². The van der Waals surface area contributed by atoms with E-state index in [1.807, 2.05) is 4.90 Å². The van der Waals surface area contributed by atoms with E-state index in [0.717, 1.165) is 26.1 Å². The van der Waals surface area contributed by atoms with Crippen molar-refractivity contribution in [1.29, 1.82) is 0 Å². The number of hydrogen-bond acceptors (Lipinski definition) is 4. The average molecular weight is 253 g/mol. The van der Waals surface area contributed by atoms with Gasteiger partial charge >= 0.3 is 6.03 Å². The number of fused-ring (bicyclic) bond motifs is 1. The Hall–Kier alpha value is -1.14. The molecule has 18 heavy (non-hydrogen) atoms. The van der Waals surface area contributed by atoms with Crippen LogP contribution in [0.4, 0.5) is 4.79 Å². The van der Waals surface area contributed by atoms with Gasteiger partial charge in [0, 0.05) is 38.7 Å². The molecule has 0 radical (unpaired) electrons. The minimum atomic E-state index is 0.0372. The van der Waals surface area contributed by atoms with Crippen LogP contribution in [-0.4, -0.2) is 73.6 Å².